The molecular weight excluding hydrogens is 262 g/mol. The summed E-state index contributed by atoms with van der Waals surface area (Å²) >= 11 is 0. The minimum Gasteiger partial charge on any atom is -0.397 e. The highest BCUT2D eigenvalue weighted by Crippen LogP contribution is 2.22. The van der Waals surface area contributed by atoms with Gasteiger partial charge in [0, 0.05) is 11.6 Å². The smallest absolute Gasteiger partial charge is 0.274 e. The van der Waals surface area contributed by atoms with Crippen molar-refractivity contribution in [2.75, 3.05) is 11.1 Å². The first-order valence-electron chi connectivity index (χ1n) is 6.66. The maximum Gasteiger partial charge on any atom is 0.274 e. The summed E-state index contributed by atoms with van der Waals surface area (Å²) < 4.78 is 0. The number of aromatic nitrogens is 1. The van der Waals surface area contributed by atoms with E-state index >= 15 is 0 Å². The summed E-state index contributed by atoms with van der Waals surface area (Å²) in [4.78, 5) is 16.6. The molecule has 2 aromatic carbocycles. The molecule has 3 rings (SSSR count). The Labute approximate surface area is 122 Å². The minimum absolute atomic E-state index is 0.262. The van der Waals surface area contributed by atoms with Gasteiger partial charge in [0.15, 0.2) is 0 Å². The number of nitrogens with zero attached hydrogens (tertiary/aromatic N) is 1. The third-order valence-corrected chi connectivity index (χ3v) is 3.34. The molecule has 0 saturated carbocycles. The van der Waals surface area contributed by atoms with Gasteiger partial charge in [0.25, 0.3) is 5.91 Å². The van der Waals surface area contributed by atoms with E-state index < -0.39 is 0 Å². The van der Waals surface area contributed by atoms with Crippen molar-refractivity contribution in [1.29, 1.82) is 0 Å². The van der Waals surface area contributed by atoms with Crippen LogP contribution in [0.1, 0.15) is 16.1 Å². The average Bonchev–Trinajstić information content (AvgIpc) is 2.49. The minimum atomic E-state index is -0.262. The summed E-state index contributed by atoms with van der Waals surface area (Å²) in [5, 5.41) is 4.62. The van der Waals surface area contributed by atoms with Crippen molar-refractivity contribution in [2.24, 2.45) is 0 Å². The second-order valence-electron chi connectivity index (χ2n) is 4.93. The van der Waals surface area contributed by atoms with Crippen molar-refractivity contribution in [3.8, 4) is 0 Å². The van der Waals surface area contributed by atoms with E-state index in [-0.39, 0.29) is 5.91 Å². The Kier molecular flexibility index (Phi) is 3.28. The molecule has 1 aromatic heterocycles. The van der Waals surface area contributed by atoms with Gasteiger partial charge < -0.3 is 11.1 Å². The molecule has 21 heavy (non-hydrogen) atoms. The molecule has 0 bridgehead atoms. The van der Waals surface area contributed by atoms with E-state index in [4.69, 9.17) is 5.73 Å². The Morgan fingerprint density at radius 2 is 1.95 bits per heavy atom. The summed E-state index contributed by atoms with van der Waals surface area (Å²) in [5.74, 6) is -0.262. The molecule has 1 amide bonds. The molecule has 0 unspecified atom stereocenters. The first-order chi connectivity index (χ1) is 10.1. The average molecular weight is 277 g/mol. The predicted octanol–water partition coefficient (Wildman–Crippen LogP) is 3.38. The summed E-state index contributed by atoms with van der Waals surface area (Å²) in [6, 6.07) is 15.1. The van der Waals surface area contributed by atoms with Crippen LogP contribution in [-0.2, 0) is 0 Å². The van der Waals surface area contributed by atoms with E-state index in [9.17, 15) is 4.79 Å². The van der Waals surface area contributed by atoms with Gasteiger partial charge in [0.05, 0.1) is 11.4 Å². The molecule has 0 radical (unpaired) electrons. The number of amides is 1. The fourth-order valence-corrected chi connectivity index (χ4v) is 2.28. The second-order valence-corrected chi connectivity index (χ2v) is 4.93. The molecule has 4 nitrogen and oxygen atoms in total. The van der Waals surface area contributed by atoms with Crippen molar-refractivity contribution in [1.82, 2.24) is 4.98 Å². The SMILES string of the molecule is Cc1ccc(NC(=O)c2nccc3ccccc23)c(N)c1. The second kappa shape index (κ2) is 5.25. The van der Waals surface area contributed by atoms with Crippen LogP contribution in [0.3, 0.4) is 0 Å². The van der Waals surface area contributed by atoms with Crippen LogP contribution >= 0.6 is 0 Å². The monoisotopic (exact) mass is 277 g/mol. The Morgan fingerprint density at radius 3 is 2.76 bits per heavy atom. The van der Waals surface area contributed by atoms with Crippen LogP contribution < -0.4 is 11.1 Å². The Hall–Kier alpha value is -2.88. The molecule has 0 aliphatic rings. The number of carbonyl (C=O) groups excluding carboxylic acids is 1. The lowest BCUT2D eigenvalue weighted by Gasteiger charge is -2.10. The normalized spacial score (nSPS) is 10.5. The standard InChI is InChI=1S/C17H15N3O/c1-11-6-7-15(14(18)10-11)20-17(21)16-13-5-3-2-4-12(13)8-9-19-16/h2-10H,18H2,1H3,(H,20,21). The van der Waals surface area contributed by atoms with Crippen LogP contribution in [-0.4, -0.2) is 10.9 Å². The van der Waals surface area contributed by atoms with Gasteiger partial charge in [-0.2, -0.15) is 0 Å². The quantitative estimate of drug-likeness (QED) is 0.706. The lowest BCUT2D eigenvalue weighted by molar-refractivity contribution is 0.102. The molecule has 0 aliphatic carbocycles. The number of benzene rings is 2. The van der Waals surface area contributed by atoms with E-state index in [2.05, 4.69) is 10.3 Å². The van der Waals surface area contributed by atoms with E-state index in [0.29, 0.717) is 17.1 Å². The lowest BCUT2D eigenvalue weighted by Crippen LogP contribution is -2.15. The number of aryl methyl sites for hydroxylation is 1. The molecule has 0 saturated heterocycles. The predicted molar refractivity (Wildman–Crippen MR) is 85.3 cm³/mol. The molecule has 4 heteroatoms. The number of nitrogens with one attached hydrogen (secondary N) is 1. The van der Waals surface area contributed by atoms with Crippen molar-refractivity contribution in [2.45, 2.75) is 6.92 Å². The fraction of sp³-hybridized carbons (Fsp3) is 0.0588. The lowest BCUT2D eigenvalue weighted by atomic mass is 10.1. The van der Waals surface area contributed by atoms with Crippen LogP contribution in [0.4, 0.5) is 11.4 Å². The highest BCUT2D eigenvalue weighted by molar-refractivity contribution is 6.12. The van der Waals surface area contributed by atoms with Crippen molar-refractivity contribution < 1.29 is 4.79 Å². The van der Waals surface area contributed by atoms with E-state index in [1.54, 1.807) is 12.3 Å². The van der Waals surface area contributed by atoms with Gasteiger partial charge in [0.2, 0.25) is 0 Å². The van der Waals surface area contributed by atoms with E-state index in [0.717, 1.165) is 16.3 Å². The molecule has 3 aromatic rings. The summed E-state index contributed by atoms with van der Waals surface area (Å²) in [5.41, 5.74) is 8.51. The summed E-state index contributed by atoms with van der Waals surface area (Å²) in [7, 11) is 0. The number of rotatable bonds is 2. The molecule has 0 spiro atoms. The van der Waals surface area contributed by atoms with Crippen LogP contribution in [0, 0.1) is 6.92 Å². The van der Waals surface area contributed by atoms with Crippen molar-refractivity contribution in [3.05, 3.63) is 66.0 Å². The topological polar surface area (TPSA) is 68.0 Å². The van der Waals surface area contributed by atoms with Gasteiger partial charge in [-0.1, -0.05) is 30.3 Å². The Bertz CT molecular complexity index is 822. The number of hydrogen-bond acceptors (Lipinski definition) is 3. The van der Waals surface area contributed by atoms with Crippen molar-refractivity contribution in [3.63, 3.8) is 0 Å². The zero-order chi connectivity index (χ0) is 14.8. The summed E-state index contributed by atoms with van der Waals surface area (Å²) in [6.07, 6.45) is 1.63. The van der Waals surface area contributed by atoms with Crippen LogP contribution in [0.5, 0.6) is 0 Å². The number of anilines is 2. The molecule has 0 atom stereocenters. The molecule has 0 fully saturated rings. The van der Waals surface area contributed by atoms with Gasteiger partial charge in [0.1, 0.15) is 5.69 Å². The number of nitrogen functional groups attached to an aromatic ring is 1. The Morgan fingerprint density at radius 1 is 1.14 bits per heavy atom. The van der Waals surface area contributed by atoms with Crippen LogP contribution in [0.2, 0.25) is 0 Å². The molecule has 0 aliphatic heterocycles. The van der Waals surface area contributed by atoms with Gasteiger partial charge in [-0.05, 0) is 36.1 Å². The molecule has 3 N–H and O–H groups in total. The number of nitrogens with two attached hydrogens (primary N) is 1. The molecule has 104 valence electrons. The van der Waals surface area contributed by atoms with Crippen molar-refractivity contribution >= 4 is 28.1 Å². The largest absolute Gasteiger partial charge is 0.397 e. The van der Waals surface area contributed by atoms with Crippen LogP contribution in [0.15, 0.2) is 54.7 Å². The van der Waals surface area contributed by atoms with E-state index in [1.165, 1.54) is 0 Å². The van der Waals surface area contributed by atoms with Gasteiger partial charge in [-0.15, -0.1) is 0 Å². The first-order valence-corrected chi connectivity index (χ1v) is 6.66. The van der Waals surface area contributed by atoms with Gasteiger partial charge in [-0.25, -0.2) is 0 Å². The third-order valence-electron chi connectivity index (χ3n) is 3.34. The highest BCUT2D eigenvalue weighted by Gasteiger charge is 2.12. The summed E-state index contributed by atoms with van der Waals surface area (Å²) in [6.45, 7) is 1.95. The maximum atomic E-state index is 12.4. The fourth-order valence-electron chi connectivity index (χ4n) is 2.28. The van der Waals surface area contributed by atoms with Gasteiger partial charge >= 0.3 is 0 Å². The number of pyridine rings is 1. The maximum absolute atomic E-state index is 12.4. The zero-order valence-corrected chi connectivity index (χ0v) is 11.6. The third kappa shape index (κ3) is 2.56. The number of carbonyl (C=O) groups is 1. The van der Waals surface area contributed by atoms with E-state index in [1.807, 2.05) is 49.4 Å². The molecular formula is C17H15N3O. The molecule has 1 heterocycles. The van der Waals surface area contributed by atoms with Crippen LogP contribution in [0.25, 0.3) is 10.8 Å². The van der Waals surface area contributed by atoms with Gasteiger partial charge in [-0.3, -0.25) is 9.78 Å². The zero-order valence-electron chi connectivity index (χ0n) is 11.6. The number of fused-ring (bicyclic) bond motifs is 1. The number of hydrogen-bond donors (Lipinski definition) is 2. The highest BCUT2D eigenvalue weighted by atomic mass is 16.1. The Balaban J connectivity index is 1.97. The first kappa shape index (κ1) is 13.1.